The van der Waals surface area contributed by atoms with E-state index in [9.17, 15) is 4.79 Å². The largest absolute Gasteiger partial charge is 0.481 e. The van der Waals surface area contributed by atoms with Crippen molar-refractivity contribution in [2.45, 2.75) is 32.2 Å². The minimum Gasteiger partial charge on any atom is -0.481 e. The van der Waals surface area contributed by atoms with Crippen LogP contribution in [0.2, 0.25) is 0 Å². The maximum absolute atomic E-state index is 10.9. The third kappa shape index (κ3) is 4.21. The van der Waals surface area contributed by atoms with Crippen molar-refractivity contribution < 1.29 is 9.90 Å². The number of carbonyl (C=O) groups is 1. The first-order valence-corrected chi connectivity index (χ1v) is 7.70. The Bertz CT molecular complexity index is 470. The fraction of sp³-hybridized carbons (Fsp3) is 0.588. The van der Waals surface area contributed by atoms with Crippen molar-refractivity contribution in [1.29, 1.82) is 0 Å². The molecule has 2 rings (SSSR count). The Hall–Kier alpha value is -1.55. The Morgan fingerprint density at radius 2 is 2.05 bits per heavy atom. The van der Waals surface area contributed by atoms with Crippen molar-refractivity contribution in [2.75, 3.05) is 32.1 Å². The zero-order valence-corrected chi connectivity index (χ0v) is 13.2. The van der Waals surface area contributed by atoms with E-state index in [4.69, 9.17) is 5.11 Å². The maximum atomic E-state index is 10.9. The Kier molecular flexibility index (Phi) is 5.23. The molecular weight excluding hydrogens is 264 g/mol. The molecule has 4 heteroatoms. The van der Waals surface area contributed by atoms with Crippen LogP contribution >= 0.6 is 0 Å². The monoisotopic (exact) mass is 290 g/mol. The van der Waals surface area contributed by atoms with Gasteiger partial charge in [0.05, 0.1) is 0 Å². The van der Waals surface area contributed by atoms with E-state index < -0.39 is 5.97 Å². The maximum Gasteiger partial charge on any atom is 0.303 e. The minimum atomic E-state index is -0.676. The van der Waals surface area contributed by atoms with Gasteiger partial charge in [-0.1, -0.05) is 12.1 Å². The number of rotatable bonds is 5. The lowest BCUT2D eigenvalue weighted by atomic mass is 9.93. The average Bonchev–Trinajstić information content (AvgIpc) is 2.46. The molecule has 0 spiro atoms. The first kappa shape index (κ1) is 15.8. The van der Waals surface area contributed by atoms with Gasteiger partial charge in [0.25, 0.3) is 0 Å². The van der Waals surface area contributed by atoms with E-state index in [-0.39, 0.29) is 0 Å². The normalized spacial score (nSPS) is 21.0. The van der Waals surface area contributed by atoms with Gasteiger partial charge in [-0.15, -0.1) is 0 Å². The Morgan fingerprint density at radius 1 is 1.38 bits per heavy atom. The van der Waals surface area contributed by atoms with E-state index in [0.717, 1.165) is 25.9 Å². The molecule has 0 aliphatic carbocycles. The molecule has 0 saturated carbocycles. The number of anilines is 1. The van der Waals surface area contributed by atoms with Gasteiger partial charge < -0.3 is 10.0 Å². The molecule has 21 heavy (non-hydrogen) atoms. The van der Waals surface area contributed by atoms with Crippen LogP contribution in [0.1, 0.15) is 37.8 Å². The van der Waals surface area contributed by atoms with Gasteiger partial charge in [0, 0.05) is 38.8 Å². The highest BCUT2D eigenvalue weighted by Crippen LogP contribution is 2.28. The number of hydrogen-bond acceptors (Lipinski definition) is 3. The molecule has 1 fully saturated rings. The minimum absolute atomic E-state index is 0.291. The van der Waals surface area contributed by atoms with Crippen molar-refractivity contribution in [3.8, 4) is 0 Å². The second-order valence-electron chi connectivity index (χ2n) is 6.26. The molecule has 0 radical (unpaired) electrons. The zero-order valence-electron chi connectivity index (χ0n) is 13.2. The first-order valence-electron chi connectivity index (χ1n) is 7.70. The summed E-state index contributed by atoms with van der Waals surface area (Å²) in [5.74, 6) is -0.385. The van der Waals surface area contributed by atoms with E-state index in [1.165, 1.54) is 11.3 Å². The molecule has 0 aromatic heterocycles. The standard InChI is InChI=1S/C17H26N2O2/c1-13(15-6-8-16(9-7-15)18(2)3)19-10-4-5-14(12-19)11-17(20)21/h6-9,13-14H,4-5,10-12H2,1-3H3,(H,20,21). The summed E-state index contributed by atoms with van der Waals surface area (Å²) in [6.45, 7) is 4.17. The molecule has 1 aromatic carbocycles. The highest BCUT2D eigenvalue weighted by atomic mass is 16.4. The van der Waals surface area contributed by atoms with Crippen LogP contribution in [0.15, 0.2) is 24.3 Å². The summed E-state index contributed by atoms with van der Waals surface area (Å²) >= 11 is 0. The van der Waals surface area contributed by atoms with Crippen LogP contribution in [0.4, 0.5) is 5.69 Å². The summed E-state index contributed by atoms with van der Waals surface area (Å²) in [5, 5.41) is 8.97. The highest BCUT2D eigenvalue weighted by molar-refractivity contribution is 5.67. The summed E-state index contributed by atoms with van der Waals surface area (Å²) < 4.78 is 0. The van der Waals surface area contributed by atoms with Crippen molar-refractivity contribution in [3.63, 3.8) is 0 Å². The lowest BCUT2D eigenvalue weighted by Crippen LogP contribution is -2.37. The lowest BCUT2D eigenvalue weighted by molar-refractivity contribution is -0.138. The summed E-state index contributed by atoms with van der Waals surface area (Å²) in [7, 11) is 4.08. The van der Waals surface area contributed by atoms with Gasteiger partial charge in [-0.25, -0.2) is 0 Å². The van der Waals surface area contributed by atoms with Gasteiger partial charge in [-0.2, -0.15) is 0 Å². The van der Waals surface area contributed by atoms with Gasteiger partial charge in [0.1, 0.15) is 0 Å². The second kappa shape index (κ2) is 6.94. The van der Waals surface area contributed by atoms with Crippen LogP contribution in [0, 0.1) is 5.92 Å². The van der Waals surface area contributed by atoms with Crippen molar-refractivity contribution >= 4 is 11.7 Å². The summed E-state index contributed by atoms with van der Waals surface area (Å²) in [5.41, 5.74) is 2.50. The van der Waals surface area contributed by atoms with Gasteiger partial charge in [-0.3, -0.25) is 9.69 Å². The predicted octanol–water partition coefficient (Wildman–Crippen LogP) is 3.00. The molecule has 1 aliphatic heterocycles. The third-order valence-corrected chi connectivity index (χ3v) is 4.45. The van der Waals surface area contributed by atoms with E-state index in [2.05, 4.69) is 41.0 Å². The smallest absolute Gasteiger partial charge is 0.303 e. The third-order valence-electron chi connectivity index (χ3n) is 4.45. The predicted molar refractivity (Wildman–Crippen MR) is 85.7 cm³/mol. The van der Waals surface area contributed by atoms with Gasteiger partial charge in [-0.05, 0) is 49.9 Å². The van der Waals surface area contributed by atoms with Gasteiger partial charge >= 0.3 is 5.97 Å². The number of likely N-dealkylation sites (tertiary alicyclic amines) is 1. The van der Waals surface area contributed by atoms with Crippen LogP contribution < -0.4 is 4.90 Å². The van der Waals surface area contributed by atoms with E-state index in [0.29, 0.717) is 18.4 Å². The molecule has 1 saturated heterocycles. The Labute approximate surface area is 127 Å². The molecule has 2 unspecified atom stereocenters. The topological polar surface area (TPSA) is 43.8 Å². The number of carboxylic acids is 1. The summed E-state index contributed by atoms with van der Waals surface area (Å²) in [6, 6.07) is 8.99. The number of aliphatic carboxylic acids is 1. The molecular formula is C17H26N2O2. The first-order chi connectivity index (χ1) is 9.97. The van der Waals surface area contributed by atoms with Crippen molar-refractivity contribution in [2.24, 2.45) is 5.92 Å². The van der Waals surface area contributed by atoms with Gasteiger partial charge in [0.15, 0.2) is 0 Å². The van der Waals surface area contributed by atoms with E-state index in [1.807, 2.05) is 14.1 Å². The fourth-order valence-electron chi connectivity index (χ4n) is 3.12. The molecule has 1 heterocycles. The number of piperidine rings is 1. The molecule has 1 aliphatic rings. The molecule has 0 amide bonds. The second-order valence-corrected chi connectivity index (χ2v) is 6.26. The molecule has 0 bridgehead atoms. The number of nitrogens with zero attached hydrogens (tertiary/aromatic N) is 2. The number of hydrogen-bond donors (Lipinski definition) is 1. The van der Waals surface area contributed by atoms with Crippen LogP contribution in [0.3, 0.4) is 0 Å². The van der Waals surface area contributed by atoms with E-state index >= 15 is 0 Å². The fourth-order valence-corrected chi connectivity index (χ4v) is 3.12. The molecule has 1 aromatic rings. The highest BCUT2D eigenvalue weighted by Gasteiger charge is 2.25. The lowest BCUT2D eigenvalue weighted by Gasteiger charge is -2.36. The number of carboxylic acid groups (broad SMARTS) is 1. The van der Waals surface area contributed by atoms with Crippen LogP contribution in [0.25, 0.3) is 0 Å². The van der Waals surface area contributed by atoms with Crippen LogP contribution in [-0.2, 0) is 4.79 Å². The number of benzene rings is 1. The van der Waals surface area contributed by atoms with Crippen LogP contribution in [-0.4, -0.2) is 43.2 Å². The quantitative estimate of drug-likeness (QED) is 0.905. The van der Waals surface area contributed by atoms with Gasteiger partial charge in [0.2, 0.25) is 0 Å². The Balaban J connectivity index is 2.01. The van der Waals surface area contributed by atoms with Crippen molar-refractivity contribution in [3.05, 3.63) is 29.8 Å². The van der Waals surface area contributed by atoms with Crippen molar-refractivity contribution in [1.82, 2.24) is 4.90 Å². The van der Waals surface area contributed by atoms with E-state index in [1.54, 1.807) is 0 Å². The molecule has 4 nitrogen and oxygen atoms in total. The average molecular weight is 290 g/mol. The summed E-state index contributed by atoms with van der Waals surface area (Å²) in [6.07, 6.45) is 2.43. The molecule has 2 atom stereocenters. The summed E-state index contributed by atoms with van der Waals surface area (Å²) in [4.78, 5) is 15.4. The molecule has 116 valence electrons. The zero-order chi connectivity index (χ0) is 15.4. The SMILES string of the molecule is CC(c1ccc(N(C)C)cc1)N1CCCC(CC(=O)O)C1. The molecule has 1 N–H and O–H groups in total. The van der Waals surface area contributed by atoms with Crippen LogP contribution in [0.5, 0.6) is 0 Å². The Morgan fingerprint density at radius 3 is 2.62 bits per heavy atom.